The number of piperidine rings is 1. The third kappa shape index (κ3) is 6.12. The van der Waals surface area contributed by atoms with Crippen LogP contribution in [-0.2, 0) is 4.74 Å². The molecule has 3 aliphatic rings. The van der Waals surface area contributed by atoms with Crippen molar-refractivity contribution in [3.05, 3.63) is 40.0 Å². The van der Waals surface area contributed by atoms with Gasteiger partial charge < -0.3 is 20.3 Å². The van der Waals surface area contributed by atoms with Crippen LogP contribution in [0.5, 0.6) is 0 Å². The monoisotopic (exact) mass is 558 g/mol. The summed E-state index contributed by atoms with van der Waals surface area (Å²) in [5.74, 6) is 0.921. The molecule has 2 saturated heterocycles. The molecular formula is C26H31FN6O3S2. The number of aromatic nitrogens is 3. The van der Waals surface area contributed by atoms with Crippen LogP contribution in [0.2, 0.25) is 0 Å². The van der Waals surface area contributed by atoms with Gasteiger partial charge in [0, 0.05) is 37.1 Å². The first kappa shape index (κ1) is 26.5. The molecule has 3 fully saturated rings. The number of thiazole rings is 2. The van der Waals surface area contributed by atoms with Crippen LogP contribution < -0.4 is 10.6 Å². The molecule has 0 radical (unpaired) electrons. The summed E-state index contributed by atoms with van der Waals surface area (Å²) < 4.78 is 17.9. The average Bonchev–Trinajstić information content (AvgIpc) is 3.49. The zero-order chi connectivity index (χ0) is 26.6. The molecular weight excluding hydrogens is 527 g/mol. The summed E-state index contributed by atoms with van der Waals surface area (Å²) in [6.07, 6.45) is 4.87. The number of pyridine rings is 1. The van der Waals surface area contributed by atoms with E-state index in [9.17, 15) is 14.0 Å². The van der Waals surface area contributed by atoms with Crippen LogP contribution in [0.15, 0.2) is 23.7 Å². The molecule has 0 spiro atoms. The van der Waals surface area contributed by atoms with Gasteiger partial charge in [0.1, 0.15) is 18.6 Å². The fourth-order valence-corrected chi connectivity index (χ4v) is 6.86. The Labute approximate surface area is 228 Å². The van der Waals surface area contributed by atoms with Gasteiger partial charge in [-0.3, -0.25) is 4.79 Å². The summed E-state index contributed by atoms with van der Waals surface area (Å²) >= 11 is 3.12. The lowest BCUT2D eigenvalue weighted by molar-refractivity contribution is 0.0131. The molecule has 3 aromatic rings. The quantitative estimate of drug-likeness (QED) is 0.395. The Morgan fingerprint density at radius 1 is 1.18 bits per heavy atom. The molecule has 12 heteroatoms. The number of carbonyl (C=O) groups is 2. The van der Waals surface area contributed by atoms with Gasteiger partial charge in [0.15, 0.2) is 5.13 Å². The molecule has 1 aliphatic carbocycles. The number of carbonyl (C=O) groups excluding carboxylic acids is 2. The van der Waals surface area contributed by atoms with Crippen LogP contribution in [0.3, 0.4) is 0 Å². The van der Waals surface area contributed by atoms with Crippen molar-refractivity contribution >= 4 is 45.6 Å². The zero-order valence-corrected chi connectivity index (χ0v) is 23.0. The highest BCUT2D eigenvalue weighted by molar-refractivity contribution is 7.16. The maximum Gasteiger partial charge on any atom is 0.407 e. The Hall–Kier alpha value is -3.12. The minimum atomic E-state index is -0.633. The average molecular weight is 559 g/mol. The van der Waals surface area contributed by atoms with Crippen molar-refractivity contribution in [2.24, 2.45) is 5.92 Å². The van der Waals surface area contributed by atoms with Gasteiger partial charge in [0.2, 0.25) is 0 Å². The standard InChI is InChI=1S/C26H31FN6O3S2/c1-15-23(38-16(2)30-15)21-14-37-25(31-21)32-22-8-5-18(12-29-22)24(34)33-13-17-3-6-19(33)11-20(7-4-17)36-26(35)28-10-9-27/h5,8,12,14,17,19-20H,3-4,6-7,9-11,13H2,1-2H3,(H,28,35)(H,29,31,32)/t17?,19-,20-/m1/s1. The molecule has 1 unspecified atom stereocenters. The van der Waals surface area contributed by atoms with Gasteiger partial charge in [-0.15, -0.1) is 22.7 Å². The van der Waals surface area contributed by atoms with Gasteiger partial charge in [-0.05, 0) is 57.6 Å². The van der Waals surface area contributed by atoms with Crippen molar-refractivity contribution in [1.29, 1.82) is 0 Å². The number of fused-ring (bicyclic) bond motifs is 5. The number of alkyl halides is 1. The first-order chi connectivity index (χ1) is 18.4. The lowest BCUT2D eigenvalue weighted by Gasteiger charge is -2.43. The number of nitrogens with one attached hydrogen (secondary N) is 2. The van der Waals surface area contributed by atoms with Gasteiger partial charge in [0.05, 0.1) is 26.8 Å². The SMILES string of the molecule is Cc1nc(C)c(-c2csc(Nc3ccc(C(=O)N4CC5CC[C@@H](OC(=O)NCCF)C[C@H]4CC5)cn3)n2)s1. The van der Waals surface area contributed by atoms with Crippen LogP contribution >= 0.6 is 22.7 Å². The molecule has 9 nitrogen and oxygen atoms in total. The Morgan fingerprint density at radius 3 is 2.76 bits per heavy atom. The van der Waals surface area contributed by atoms with E-state index < -0.39 is 12.8 Å². The van der Waals surface area contributed by atoms with Gasteiger partial charge in [-0.25, -0.2) is 24.1 Å². The minimum Gasteiger partial charge on any atom is -0.446 e. The Balaban J connectivity index is 1.22. The number of halogens is 1. The van der Waals surface area contributed by atoms with Crippen LogP contribution in [-0.4, -0.2) is 63.8 Å². The van der Waals surface area contributed by atoms with Crippen molar-refractivity contribution in [3.63, 3.8) is 0 Å². The molecule has 0 aromatic carbocycles. The molecule has 2 N–H and O–H groups in total. The van der Waals surface area contributed by atoms with Crippen LogP contribution in [0.4, 0.5) is 20.1 Å². The number of ether oxygens (including phenoxy) is 1. The van der Waals surface area contributed by atoms with Crippen LogP contribution in [0.1, 0.15) is 53.2 Å². The van der Waals surface area contributed by atoms with E-state index in [1.165, 1.54) is 11.3 Å². The lowest BCUT2D eigenvalue weighted by atomic mass is 9.82. The highest BCUT2D eigenvalue weighted by Gasteiger charge is 2.37. The van der Waals surface area contributed by atoms with Gasteiger partial charge in [-0.1, -0.05) is 0 Å². The predicted molar refractivity (Wildman–Crippen MR) is 146 cm³/mol. The van der Waals surface area contributed by atoms with Gasteiger partial charge in [0.25, 0.3) is 5.91 Å². The summed E-state index contributed by atoms with van der Waals surface area (Å²) in [6.45, 7) is 3.98. The minimum absolute atomic E-state index is 0.0107. The molecule has 2 amide bonds. The molecule has 3 atom stereocenters. The maximum absolute atomic E-state index is 13.5. The largest absolute Gasteiger partial charge is 0.446 e. The lowest BCUT2D eigenvalue weighted by Crippen LogP contribution is -2.50. The number of hydrogen-bond acceptors (Lipinski definition) is 9. The zero-order valence-electron chi connectivity index (χ0n) is 21.4. The maximum atomic E-state index is 13.5. The molecule has 38 heavy (non-hydrogen) atoms. The van der Waals surface area contributed by atoms with Crippen molar-refractivity contribution in [2.75, 3.05) is 25.1 Å². The van der Waals surface area contributed by atoms with Gasteiger partial charge in [-0.2, -0.15) is 0 Å². The molecule has 2 aliphatic heterocycles. The molecule has 1 saturated carbocycles. The summed E-state index contributed by atoms with van der Waals surface area (Å²) in [4.78, 5) is 42.0. The van der Waals surface area contributed by atoms with E-state index in [2.05, 4.69) is 25.6 Å². The van der Waals surface area contributed by atoms with Crippen LogP contribution in [0, 0.1) is 19.8 Å². The number of rotatable bonds is 7. The first-order valence-corrected chi connectivity index (χ1v) is 14.5. The van der Waals surface area contributed by atoms with Crippen LogP contribution in [0.25, 0.3) is 10.6 Å². The summed E-state index contributed by atoms with van der Waals surface area (Å²) in [7, 11) is 0. The van der Waals surface area contributed by atoms with E-state index in [1.54, 1.807) is 29.7 Å². The second kappa shape index (κ2) is 11.7. The van der Waals surface area contributed by atoms with Gasteiger partial charge >= 0.3 is 6.09 Å². The number of anilines is 2. The smallest absolute Gasteiger partial charge is 0.407 e. The summed E-state index contributed by atoms with van der Waals surface area (Å²) in [5, 5.41) is 9.38. The predicted octanol–water partition coefficient (Wildman–Crippen LogP) is 5.49. The topological polar surface area (TPSA) is 109 Å². The van der Waals surface area contributed by atoms with Crippen molar-refractivity contribution in [3.8, 4) is 10.6 Å². The van der Waals surface area contributed by atoms with Crippen molar-refractivity contribution in [2.45, 2.75) is 58.1 Å². The molecule has 6 rings (SSSR count). The highest BCUT2D eigenvalue weighted by atomic mass is 32.1. The van der Waals surface area contributed by atoms with E-state index in [0.717, 1.165) is 52.1 Å². The Kier molecular flexibility index (Phi) is 8.18. The van der Waals surface area contributed by atoms with E-state index in [4.69, 9.17) is 4.74 Å². The number of hydrogen-bond donors (Lipinski definition) is 2. The van der Waals surface area contributed by atoms with Crippen molar-refractivity contribution < 1.29 is 18.7 Å². The Bertz CT molecular complexity index is 1280. The number of alkyl carbamates (subject to hydrolysis) is 1. The number of amides is 2. The molecule has 202 valence electrons. The highest BCUT2D eigenvalue weighted by Crippen LogP contribution is 2.35. The number of nitrogens with zero attached hydrogens (tertiary/aromatic N) is 4. The second-order valence-corrected chi connectivity index (χ2v) is 11.8. The number of aryl methyl sites for hydroxylation is 2. The van der Waals surface area contributed by atoms with E-state index in [0.29, 0.717) is 30.3 Å². The molecule has 3 aromatic heterocycles. The normalized spacial score (nSPS) is 21.0. The Morgan fingerprint density at radius 2 is 2.03 bits per heavy atom. The molecule has 2 bridgehead atoms. The molecule has 5 heterocycles. The van der Waals surface area contributed by atoms with E-state index in [-0.39, 0.29) is 24.6 Å². The second-order valence-electron chi connectivity index (χ2n) is 9.75. The van der Waals surface area contributed by atoms with E-state index in [1.807, 2.05) is 24.1 Å². The summed E-state index contributed by atoms with van der Waals surface area (Å²) in [5.41, 5.74) is 2.39. The fourth-order valence-electron chi connectivity index (χ4n) is 5.20. The summed E-state index contributed by atoms with van der Waals surface area (Å²) in [6, 6.07) is 3.57. The first-order valence-electron chi connectivity index (χ1n) is 12.8. The third-order valence-corrected chi connectivity index (χ3v) is 8.87. The fraction of sp³-hybridized carbons (Fsp3) is 0.500. The third-order valence-electron chi connectivity index (χ3n) is 7.02. The van der Waals surface area contributed by atoms with Crippen molar-refractivity contribution in [1.82, 2.24) is 25.2 Å². The van der Waals surface area contributed by atoms with E-state index >= 15 is 0 Å².